The summed E-state index contributed by atoms with van der Waals surface area (Å²) in [5, 5.41) is 19.6. The number of Topliss-reactive ketones (excluding diaryl/α,β-unsaturated/α-hetero) is 1. The number of hydrogen-bond donors (Lipinski definition) is 2. The summed E-state index contributed by atoms with van der Waals surface area (Å²) in [6.07, 6.45) is 8.44. The van der Waals surface area contributed by atoms with Crippen LogP contribution in [0.25, 0.3) is 0 Å². The van der Waals surface area contributed by atoms with Crippen LogP contribution in [0.3, 0.4) is 0 Å². The van der Waals surface area contributed by atoms with E-state index in [1.54, 1.807) is 6.08 Å². The lowest BCUT2D eigenvalue weighted by Crippen LogP contribution is -2.17. The molecule has 0 fully saturated rings. The van der Waals surface area contributed by atoms with Crippen molar-refractivity contribution in [1.82, 2.24) is 0 Å². The summed E-state index contributed by atoms with van der Waals surface area (Å²) in [4.78, 5) is 12.6. The molecule has 0 unspecified atom stereocenters. The lowest BCUT2D eigenvalue weighted by atomic mass is 9.93. The van der Waals surface area contributed by atoms with Crippen LogP contribution < -0.4 is 4.74 Å². The minimum absolute atomic E-state index is 0.0455. The predicted molar refractivity (Wildman–Crippen MR) is 94.3 cm³/mol. The second-order valence-corrected chi connectivity index (χ2v) is 6.20. The van der Waals surface area contributed by atoms with E-state index in [2.05, 4.69) is 13.5 Å². The molecule has 24 heavy (non-hydrogen) atoms. The quantitative estimate of drug-likeness (QED) is 0.504. The van der Waals surface area contributed by atoms with Gasteiger partial charge in [-0.15, -0.1) is 6.58 Å². The van der Waals surface area contributed by atoms with Gasteiger partial charge in [-0.25, -0.2) is 0 Å². The Balaban J connectivity index is 2.13. The maximum atomic E-state index is 12.6. The summed E-state index contributed by atoms with van der Waals surface area (Å²) >= 11 is 0. The average Bonchev–Trinajstić information content (AvgIpc) is 2.54. The molecule has 1 aliphatic rings. The van der Waals surface area contributed by atoms with Crippen molar-refractivity contribution < 1.29 is 19.7 Å². The molecule has 1 heterocycles. The zero-order chi connectivity index (χ0) is 17.5. The number of carbonyl (C=O) groups excluding carboxylic acids is 1. The van der Waals surface area contributed by atoms with Crippen molar-refractivity contribution in [2.75, 3.05) is 0 Å². The lowest BCUT2D eigenvalue weighted by molar-refractivity contribution is -0.116. The van der Waals surface area contributed by atoms with Crippen molar-refractivity contribution in [2.24, 2.45) is 0 Å². The zero-order valence-electron chi connectivity index (χ0n) is 14.3. The SMILES string of the molecule is C=CCC1=C(C(=O)CCCCCCC)Cc2c(O)cc(O)cc2O1. The Labute approximate surface area is 143 Å². The van der Waals surface area contributed by atoms with Crippen LogP contribution >= 0.6 is 0 Å². The maximum Gasteiger partial charge on any atom is 0.162 e. The van der Waals surface area contributed by atoms with Crippen LogP contribution in [0.15, 0.2) is 36.1 Å². The number of ketones is 1. The van der Waals surface area contributed by atoms with Crippen molar-refractivity contribution in [3.63, 3.8) is 0 Å². The normalized spacial score (nSPS) is 13.4. The number of ether oxygens (including phenoxy) is 1. The van der Waals surface area contributed by atoms with Gasteiger partial charge >= 0.3 is 0 Å². The van der Waals surface area contributed by atoms with E-state index in [1.807, 2.05) is 0 Å². The molecule has 0 saturated carbocycles. The van der Waals surface area contributed by atoms with Gasteiger partial charge in [0.25, 0.3) is 0 Å². The number of carbonyl (C=O) groups is 1. The average molecular weight is 330 g/mol. The molecule has 1 aromatic rings. The molecule has 1 aromatic carbocycles. The zero-order valence-corrected chi connectivity index (χ0v) is 14.3. The van der Waals surface area contributed by atoms with E-state index in [4.69, 9.17) is 4.74 Å². The van der Waals surface area contributed by atoms with Gasteiger partial charge in [0.15, 0.2) is 5.78 Å². The third kappa shape index (κ3) is 4.40. The summed E-state index contributed by atoms with van der Waals surface area (Å²) in [6.45, 7) is 5.88. The Morgan fingerprint density at radius 3 is 2.71 bits per heavy atom. The van der Waals surface area contributed by atoms with Gasteiger partial charge in [-0.05, 0) is 6.42 Å². The largest absolute Gasteiger partial charge is 0.508 e. The van der Waals surface area contributed by atoms with E-state index in [0.29, 0.717) is 41.9 Å². The van der Waals surface area contributed by atoms with E-state index in [0.717, 1.165) is 19.3 Å². The van der Waals surface area contributed by atoms with Crippen LogP contribution in [-0.4, -0.2) is 16.0 Å². The third-order valence-electron chi connectivity index (χ3n) is 4.27. The maximum absolute atomic E-state index is 12.6. The minimum Gasteiger partial charge on any atom is -0.508 e. The predicted octanol–water partition coefficient (Wildman–Crippen LogP) is 4.79. The minimum atomic E-state index is -0.0603. The molecule has 4 nitrogen and oxygen atoms in total. The van der Waals surface area contributed by atoms with Gasteiger partial charge in [0, 0.05) is 42.5 Å². The first kappa shape index (κ1) is 18.1. The van der Waals surface area contributed by atoms with Gasteiger partial charge in [-0.3, -0.25) is 4.79 Å². The Morgan fingerprint density at radius 1 is 1.25 bits per heavy atom. The second-order valence-electron chi connectivity index (χ2n) is 6.20. The molecular weight excluding hydrogens is 304 g/mol. The number of aromatic hydroxyl groups is 2. The molecular formula is C20H26O4. The highest BCUT2D eigenvalue weighted by molar-refractivity contribution is 5.97. The number of fused-ring (bicyclic) bond motifs is 1. The van der Waals surface area contributed by atoms with Crippen molar-refractivity contribution in [3.8, 4) is 17.2 Å². The van der Waals surface area contributed by atoms with Crippen LogP contribution in [0.2, 0.25) is 0 Å². The molecule has 0 atom stereocenters. The van der Waals surface area contributed by atoms with Crippen LogP contribution in [0.4, 0.5) is 0 Å². The van der Waals surface area contributed by atoms with E-state index >= 15 is 0 Å². The fourth-order valence-electron chi connectivity index (χ4n) is 2.94. The van der Waals surface area contributed by atoms with E-state index in [-0.39, 0.29) is 17.3 Å². The van der Waals surface area contributed by atoms with Crippen molar-refractivity contribution in [3.05, 3.63) is 41.7 Å². The fraction of sp³-hybridized carbons (Fsp3) is 0.450. The van der Waals surface area contributed by atoms with Crippen LogP contribution in [0, 0.1) is 0 Å². The summed E-state index contributed by atoms with van der Waals surface area (Å²) in [5.74, 6) is 0.942. The van der Waals surface area contributed by atoms with Gasteiger partial charge in [-0.2, -0.15) is 0 Å². The van der Waals surface area contributed by atoms with Crippen molar-refractivity contribution in [1.29, 1.82) is 0 Å². The standard InChI is InChI=1S/C20H26O4/c1-3-5-6-7-8-10-17(22)15-13-16-18(23)11-14(21)12-20(16)24-19(15)9-4-2/h4,11-12,21,23H,2-3,5-10,13H2,1H3. The van der Waals surface area contributed by atoms with Crippen LogP contribution in [0.5, 0.6) is 17.2 Å². The molecule has 1 aliphatic heterocycles. The summed E-state index contributed by atoms with van der Waals surface area (Å²) in [6, 6.07) is 2.73. The smallest absolute Gasteiger partial charge is 0.162 e. The van der Waals surface area contributed by atoms with E-state index < -0.39 is 0 Å². The first-order valence-electron chi connectivity index (χ1n) is 8.65. The third-order valence-corrected chi connectivity index (χ3v) is 4.27. The van der Waals surface area contributed by atoms with Crippen molar-refractivity contribution in [2.45, 2.75) is 58.3 Å². The Bertz CT molecular complexity index is 643. The van der Waals surface area contributed by atoms with Gasteiger partial charge < -0.3 is 14.9 Å². The van der Waals surface area contributed by atoms with Gasteiger partial charge in [0.1, 0.15) is 23.0 Å². The first-order chi connectivity index (χ1) is 11.6. The monoisotopic (exact) mass is 330 g/mol. The molecule has 0 saturated heterocycles. The molecule has 130 valence electrons. The van der Waals surface area contributed by atoms with Crippen LogP contribution in [0.1, 0.15) is 57.4 Å². The highest BCUT2D eigenvalue weighted by Gasteiger charge is 2.26. The van der Waals surface area contributed by atoms with Crippen molar-refractivity contribution >= 4 is 5.78 Å². The van der Waals surface area contributed by atoms with Gasteiger partial charge in [-0.1, -0.05) is 38.7 Å². The molecule has 0 aliphatic carbocycles. The number of allylic oxidation sites excluding steroid dienone is 2. The molecule has 0 spiro atoms. The second kappa shape index (κ2) is 8.57. The molecule has 4 heteroatoms. The van der Waals surface area contributed by atoms with Gasteiger partial charge in [0.05, 0.1) is 0 Å². The molecule has 2 rings (SSSR count). The Kier molecular flexibility index (Phi) is 6.47. The number of hydrogen-bond acceptors (Lipinski definition) is 4. The topological polar surface area (TPSA) is 66.8 Å². The number of phenolic OH excluding ortho intramolecular Hbond substituents is 2. The molecule has 0 aromatic heterocycles. The fourth-order valence-corrected chi connectivity index (χ4v) is 2.94. The van der Waals surface area contributed by atoms with E-state index in [1.165, 1.54) is 25.0 Å². The number of benzene rings is 1. The number of phenols is 2. The Morgan fingerprint density at radius 2 is 2.00 bits per heavy atom. The van der Waals surface area contributed by atoms with E-state index in [9.17, 15) is 15.0 Å². The van der Waals surface area contributed by atoms with Crippen LogP contribution in [-0.2, 0) is 11.2 Å². The number of unbranched alkanes of at least 4 members (excludes halogenated alkanes) is 4. The highest BCUT2D eigenvalue weighted by Crippen LogP contribution is 2.40. The first-order valence-corrected chi connectivity index (χ1v) is 8.65. The molecule has 0 bridgehead atoms. The molecule has 0 amide bonds. The lowest BCUT2D eigenvalue weighted by Gasteiger charge is -2.23. The highest BCUT2D eigenvalue weighted by atomic mass is 16.5. The summed E-state index contributed by atoms with van der Waals surface area (Å²) in [7, 11) is 0. The molecule has 0 radical (unpaired) electrons. The summed E-state index contributed by atoms with van der Waals surface area (Å²) in [5.41, 5.74) is 1.16. The Hall–Kier alpha value is -2.23. The number of rotatable bonds is 9. The van der Waals surface area contributed by atoms with Gasteiger partial charge in [0.2, 0.25) is 0 Å². The summed E-state index contributed by atoms with van der Waals surface area (Å²) < 4.78 is 5.78. The molecule has 2 N–H and O–H groups in total.